The number of hydrogen-bond donors (Lipinski definition) is 0. The maximum Gasteiger partial charge on any atom is 0.193 e. The number of benzene rings is 1. The standard InChI is InChI=1S/C33H62O3Si2/c1-13-14-15-19-24-30(35-37(9,10)32(3,4)5)25-20-21-26-31(36-38(11,12)33(6,7)8)28(2)34-27-29-22-17-16-18-23-29/h16-18,21-23,26,28,30-31H,13-15,19-20,24-25,27H2,1-12H3/b26-21+/t28-,30+,31-/m0/s1. The van der Waals surface area contributed by atoms with Crippen molar-refractivity contribution < 1.29 is 13.6 Å². The van der Waals surface area contributed by atoms with Gasteiger partial charge in [-0.2, -0.15) is 0 Å². The number of allylic oxidation sites excluding steroid dienone is 1. The van der Waals surface area contributed by atoms with Crippen molar-refractivity contribution in [2.45, 2.75) is 162 Å². The zero-order valence-electron chi connectivity index (χ0n) is 27.2. The molecular formula is C33H62O3Si2. The van der Waals surface area contributed by atoms with Crippen molar-refractivity contribution in [3.63, 3.8) is 0 Å². The number of hydrogen-bond acceptors (Lipinski definition) is 3. The third-order valence-electron chi connectivity index (χ3n) is 8.68. The molecule has 0 spiro atoms. The second kappa shape index (κ2) is 15.9. The third kappa shape index (κ3) is 12.6. The lowest BCUT2D eigenvalue weighted by molar-refractivity contribution is -0.0105. The highest BCUT2D eigenvalue weighted by Crippen LogP contribution is 2.39. The molecule has 5 heteroatoms. The first-order valence-electron chi connectivity index (χ1n) is 15.2. The van der Waals surface area contributed by atoms with Crippen LogP contribution in [-0.4, -0.2) is 34.9 Å². The van der Waals surface area contributed by atoms with E-state index in [1.807, 2.05) is 6.07 Å². The fourth-order valence-electron chi connectivity index (χ4n) is 3.87. The molecular weight excluding hydrogens is 501 g/mol. The van der Waals surface area contributed by atoms with E-state index in [4.69, 9.17) is 13.6 Å². The van der Waals surface area contributed by atoms with Gasteiger partial charge in [-0.3, -0.25) is 0 Å². The van der Waals surface area contributed by atoms with Crippen LogP contribution >= 0.6 is 0 Å². The Balaban J connectivity index is 2.92. The molecule has 3 nitrogen and oxygen atoms in total. The molecule has 0 saturated carbocycles. The van der Waals surface area contributed by atoms with Crippen LogP contribution in [0, 0.1) is 0 Å². The van der Waals surface area contributed by atoms with Crippen LogP contribution in [0.4, 0.5) is 0 Å². The van der Waals surface area contributed by atoms with E-state index < -0.39 is 16.6 Å². The second-order valence-corrected chi connectivity index (χ2v) is 23.7. The van der Waals surface area contributed by atoms with E-state index in [0.29, 0.717) is 12.7 Å². The molecule has 1 rings (SSSR count). The van der Waals surface area contributed by atoms with Crippen LogP contribution in [0.2, 0.25) is 36.3 Å². The van der Waals surface area contributed by atoms with Crippen LogP contribution in [0.1, 0.15) is 106 Å². The van der Waals surface area contributed by atoms with E-state index in [1.165, 1.54) is 37.7 Å². The van der Waals surface area contributed by atoms with E-state index in [2.05, 4.69) is 118 Å². The predicted octanol–water partition coefficient (Wildman–Crippen LogP) is 10.7. The van der Waals surface area contributed by atoms with Crippen molar-refractivity contribution in [1.29, 1.82) is 0 Å². The summed E-state index contributed by atoms with van der Waals surface area (Å²) in [5.74, 6) is 0. The molecule has 1 aromatic rings. The summed E-state index contributed by atoms with van der Waals surface area (Å²) in [6, 6.07) is 10.4. The number of rotatable bonds is 17. The topological polar surface area (TPSA) is 27.7 Å². The molecule has 1 aromatic carbocycles. The molecule has 0 aliphatic heterocycles. The van der Waals surface area contributed by atoms with Gasteiger partial charge in [0.05, 0.1) is 18.8 Å². The summed E-state index contributed by atoms with van der Waals surface area (Å²) in [5, 5.41) is 0.386. The van der Waals surface area contributed by atoms with Crippen molar-refractivity contribution in [1.82, 2.24) is 0 Å². The lowest BCUT2D eigenvalue weighted by Crippen LogP contribution is -2.46. The zero-order valence-corrected chi connectivity index (χ0v) is 29.2. The summed E-state index contributed by atoms with van der Waals surface area (Å²) in [6.07, 6.45) is 13.3. The number of unbranched alkanes of at least 4 members (excludes halogenated alkanes) is 3. The van der Waals surface area contributed by atoms with Gasteiger partial charge in [0.15, 0.2) is 16.6 Å². The minimum absolute atomic E-state index is 0.0195. The highest BCUT2D eigenvalue weighted by Gasteiger charge is 2.40. The van der Waals surface area contributed by atoms with Crippen LogP contribution < -0.4 is 0 Å². The van der Waals surface area contributed by atoms with Crippen LogP contribution in [-0.2, 0) is 20.2 Å². The highest BCUT2D eigenvalue weighted by atomic mass is 28.4. The normalized spacial score (nSPS) is 16.1. The summed E-state index contributed by atoms with van der Waals surface area (Å²) in [4.78, 5) is 0. The van der Waals surface area contributed by atoms with E-state index in [-0.39, 0.29) is 22.3 Å². The summed E-state index contributed by atoms with van der Waals surface area (Å²) >= 11 is 0. The van der Waals surface area contributed by atoms with Gasteiger partial charge in [-0.05, 0) is 68.0 Å². The van der Waals surface area contributed by atoms with Crippen molar-refractivity contribution in [3.05, 3.63) is 48.0 Å². The summed E-state index contributed by atoms with van der Waals surface area (Å²) in [6.45, 7) is 28.4. The monoisotopic (exact) mass is 562 g/mol. The Labute approximate surface area is 239 Å². The Morgan fingerprint density at radius 3 is 1.92 bits per heavy atom. The van der Waals surface area contributed by atoms with Crippen molar-refractivity contribution in [2.75, 3.05) is 0 Å². The Morgan fingerprint density at radius 2 is 1.37 bits per heavy atom. The Hall–Kier alpha value is -0.726. The van der Waals surface area contributed by atoms with Crippen molar-refractivity contribution in [2.24, 2.45) is 0 Å². The summed E-state index contributed by atoms with van der Waals surface area (Å²) < 4.78 is 20.1. The molecule has 0 fully saturated rings. The van der Waals surface area contributed by atoms with Crippen LogP contribution in [0.3, 0.4) is 0 Å². The Bertz CT molecular complexity index is 791. The van der Waals surface area contributed by atoms with E-state index >= 15 is 0 Å². The molecule has 0 radical (unpaired) electrons. The van der Waals surface area contributed by atoms with Crippen LogP contribution in [0.5, 0.6) is 0 Å². The van der Waals surface area contributed by atoms with Gasteiger partial charge < -0.3 is 13.6 Å². The molecule has 0 N–H and O–H groups in total. The van der Waals surface area contributed by atoms with Gasteiger partial charge in [0.25, 0.3) is 0 Å². The fraction of sp³-hybridized carbons (Fsp3) is 0.758. The van der Waals surface area contributed by atoms with Crippen LogP contribution in [0.25, 0.3) is 0 Å². The summed E-state index contributed by atoms with van der Waals surface area (Å²) in [7, 11) is -3.75. The molecule has 0 saturated heterocycles. The SMILES string of the molecule is CCCCCC[C@H](CC/C=C/[C@H](O[Si](C)(C)C(C)(C)C)[C@H](C)OCc1ccccc1)O[Si](C)(C)C(C)(C)C. The first-order chi connectivity index (χ1) is 17.5. The zero-order chi connectivity index (χ0) is 29.0. The first kappa shape index (κ1) is 35.3. The molecule has 0 aliphatic rings. The quantitative estimate of drug-likeness (QED) is 0.107. The average Bonchev–Trinajstić information content (AvgIpc) is 2.80. The third-order valence-corrected chi connectivity index (χ3v) is 17.7. The largest absolute Gasteiger partial charge is 0.414 e. The van der Waals surface area contributed by atoms with Gasteiger partial charge in [-0.1, -0.05) is 117 Å². The Kier molecular flexibility index (Phi) is 14.8. The minimum Gasteiger partial charge on any atom is -0.414 e. The molecule has 38 heavy (non-hydrogen) atoms. The first-order valence-corrected chi connectivity index (χ1v) is 21.0. The molecule has 0 bridgehead atoms. The molecule has 3 atom stereocenters. The van der Waals surface area contributed by atoms with Gasteiger partial charge in [0.2, 0.25) is 0 Å². The van der Waals surface area contributed by atoms with E-state index in [0.717, 1.165) is 12.8 Å². The molecule has 0 aromatic heterocycles. The van der Waals surface area contributed by atoms with Crippen molar-refractivity contribution in [3.8, 4) is 0 Å². The molecule has 0 heterocycles. The highest BCUT2D eigenvalue weighted by molar-refractivity contribution is 6.74. The molecule has 0 amide bonds. The second-order valence-electron chi connectivity index (χ2n) is 14.2. The number of ether oxygens (including phenoxy) is 1. The van der Waals surface area contributed by atoms with Gasteiger partial charge in [0.1, 0.15) is 0 Å². The van der Waals surface area contributed by atoms with Gasteiger partial charge in [0, 0.05) is 6.10 Å². The van der Waals surface area contributed by atoms with E-state index in [1.54, 1.807) is 0 Å². The molecule has 220 valence electrons. The maximum atomic E-state index is 6.91. The van der Waals surface area contributed by atoms with E-state index in [9.17, 15) is 0 Å². The lowest BCUT2D eigenvalue weighted by Gasteiger charge is -2.40. The average molecular weight is 563 g/mol. The lowest BCUT2D eigenvalue weighted by atomic mass is 10.0. The maximum absolute atomic E-state index is 6.91. The summed E-state index contributed by atoms with van der Waals surface area (Å²) in [5.41, 5.74) is 1.20. The van der Waals surface area contributed by atoms with Crippen LogP contribution in [0.15, 0.2) is 42.5 Å². The van der Waals surface area contributed by atoms with Gasteiger partial charge in [-0.25, -0.2) is 0 Å². The van der Waals surface area contributed by atoms with Gasteiger partial charge in [-0.15, -0.1) is 0 Å². The Morgan fingerprint density at radius 1 is 0.789 bits per heavy atom. The minimum atomic E-state index is -1.95. The predicted molar refractivity (Wildman–Crippen MR) is 172 cm³/mol. The fourth-order valence-corrected chi connectivity index (χ4v) is 6.60. The molecule has 0 aliphatic carbocycles. The molecule has 0 unspecified atom stereocenters. The van der Waals surface area contributed by atoms with Crippen molar-refractivity contribution >= 4 is 16.6 Å². The van der Waals surface area contributed by atoms with Gasteiger partial charge >= 0.3 is 0 Å². The smallest absolute Gasteiger partial charge is 0.193 e.